The molecule has 0 unspecified atom stereocenters. The Bertz CT molecular complexity index is 685. The van der Waals surface area contributed by atoms with Crippen LogP contribution in [0, 0.1) is 0 Å². The van der Waals surface area contributed by atoms with Crippen molar-refractivity contribution in [3.63, 3.8) is 0 Å². The molecule has 3 amide bonds. The first-order valence-electron chi connectivity index (χ1n) is 10.2. The third-order valence-electron chi connectivity index (χ3n) is 5.20. The van der Waals surface area contributed by atoms with Gasteiger partial charge in [0.05, 0.1) is 25.7 Å². The molecule has 2 heterocycles. The Balaban J connectivity index is 1.36. The van der Waals surface area contributed by atoms with Gasteiger partial charge in [-0.15, -0.1) is 0 Å². The number of nitrogens with zero attached hydrogens (tertiary/aromatic N) is 1. The first-order chi connectivity index (χ1) is 14.5. The van der Waals surface area contributed by atoms with Gasteiger partial charge in [0, 0.05) is 38.4 Å². The number of amides is 3. The number of aliphatic hydroxyl groups excluding tert-OH is 2. The van der Waals surface area contributed by atoms with Crippen molar-refractivity contribution in [2.24, 2.45) is 0 Å². The van der Waals surface area contributed by atoms with Crippen LogP contribution in [0.1, 0.15) is 6.42 Å². The molecule has 5 N–H and O–H groups in total. The summed E-state index contributed by atoms with van der Waals surface area (Å²) in [7, 11) is 0. The summed E-state index contributed by atoms with van der Waals surface area (Å²) in [5.74, 6) is -0.255. The summed E-state index contributed by atoms with van der Waals surface area (Å²) < 4.78 is 10.9. The van der Waals surface area contributed by atoms with Crippen LogP contribution < -0.4 is 16.0 Å². The maximum atomic E-state index is 12.2. The summed E-state index contributed by atoms with van der Waals surface area (Å²) in [6.45, 7) is 4.33. The first-order valence-corrected chi connectivity index (χ1v) is 10.2. The van der Waals surface area contributed by atoms with Gasteiger partial charge in [-0.2, -0.15) is 0 Å². The predicted molar refractivity (Wildman–Crippen MR) is 109 cm³/mol. The fourth-order valence-corrected chi connectivity index (χ4v) is 3.49. The molecule has 30 heavy (non-hydrogen) atoms. The van der Waals surface area contributed by atoms with E-state index < -0.39 is 30.4 Å². The fourth-order valence-electron chi connectivity index (χ4n) is 3.49. The summed E-state index contributed by atoms with van der Waals surface area (Å²) in [6.07, 6.45) is -4.07. The molecule has 1 aromatic carbocycles. The van der Waals surface area contributed by atoms with Crippen LogP contribution in [-0.4, -0.2) is 97.4 Å². The number of ether oxygens (including phenoxy) is 2. The average Bonchev–Trinajstić information content (AvgIpc) is 3.01. The van der Waals surface area contributed by atoms with Crippen molar-refractivity contribution in [2.75, 3.05) is 51.3 Å². The highest BCUT2D eigenvalue weighted by Crippen LogP contribution is 2.23. The minimum Gasteiger partial charge on any atom is -0.388 e. The second kappa shape index (κ2) is 11.2. The minimum absolute atomic E-state index is 0.00600. The topological polar surface area (TPSA) is 132 Å². The number of hydrogen-bond donors (Lipinski definition) is 5. The highest BCUT2D eigenvalue weighted by Gasteiger charge is 2.43. The average molecular weight is 422 g/mol. The Kier molecular flexibility index (Phi) is 8.40. The van der Waals surface area contributed by atoms with Crippen molar-refractivity contribution < 1.29 is 29.3 Å². The molecule has 0 aromatic heterocycles. The Labute approximate surface area is 175 Å². The second-order valence-electron chi connectivity index (χ2n) is 7.40. The van der Waals surface area contributed by atoms with Gasteiger partial charge in [-0.25, -0.2) is 4.79 Å². The fraction of sp³-hybridized carbons (Fsp3) is 0.600. The van der Waals surface area contributed by atoms with Gasteiger partial charge in [0.2, 0.25) is 5.91 Å². The molecule has 10 heteroatoms. The zero-order chi connectivity index (χ0) is 21.3. The molecule has 0 saturated carbocycles. The van der Waals surface area contributed by atoms with Crippen LogP contribution in [0.2, 0.25) is 0 Å². The molecular weight excluding hydrogens is 392 g/mol. The summed E-state index contributed by atoms with van der Waals surface area (Å²) in [5.41, 5.74) is 0.634. The lowest BCUT2D eigenvalue weighted by atomic mass is 10.1. The number of nitrogens with one attached hydrogen (secondary N) is 3. The Morgan fingerprint density at radius 3 is 2.47 bits per heavy atom. The van der Waals surface area contributed by atoms with Gasteiger partial charge in [-0.3, -0.25) is 9.69 Å². The number of para-hydroxylation sites is 1. The van der Waals surface area contributed by atoms with Gasteiger partial charge in [0.15, 0.2) is 0 Å². The summed E-state index contributed by atoms with van der Waals surface area (Å²) in [5, 5.41) is 28.5. The van der Waals surface area contributed by atoms with E-state index in [1.165, 1.54) is 0 Å². The van der Waals surface area contributed by atoms with Crippen LogP contribution in [0.25, 0.3) is 0 Å². The molecule has 0 aliphatic carbocycles. The van der Waals surface area contributed by atoms with Crippen LogP contribution in [0.5, 0.6) is 0 Å². The minimum atomic E-state index is -1.20. The maximum Gasteiger partial charge on any atom is 0.319 e. The standard InChI is InChI=1S/C20H30N4O6/c25-17(21-6-7-24-8-10-29-11-9-24)12-15-18(26)19(27)16(30-15)13-22-20(28)23-14-4-2-1-3-5-14/h1-5,15-16,18-19,26-27H,6-13H2,(H,21,25)(H2,22,23,28)/t15-,16-,18-,19+/m0/s1. The monoisotopic (exact) mass is 422 g/mol. The smallest absolute Gasteiger partial charge is 0.319 e. The van der Waals surface area contributed by atoms with Crippen molar-refractivity contribution in [1.29, 1.82) is 0 Å². The largest absolute Gasteiger partial charge is 0.388 e. The highest BCUT2D eigenvalue weighted by molar-refractivity contribution is 5.89. The third kappa shape index (κ3) is 6.64. The molecule has 4 atom stereocenters. The molecular formula is C20H30N4O6. The molecule has 0 spiro atoms. The van der Waals surface area contributed by atoms with Gasteiger partial charge < -0.3 is 35.6 Å². The van der Waals surface area contributed by atoms with Crippen LogP contribution in [0.15, 0.2) is 30.3 Å². The lowest BCUT2D eigenvalue weighted by Crippen LogP contribution is -2.42. The van der Waals surface area contributed by atoms with Gasteiger partial charge in [-0.05, 0) is 12.1 Å². The van der Waals surface area contributed by atoms with E-state index in [4.69, 9.17) is 9.47 Å². The Hall–Kier alpha value is -2.24. The first kappa shape index (κ1) is 22.4. The molecule has 1 aromatic rings. The molecule has 0 radical (unpaired) electrons. The zero-order valence-electron chi connectivity index (χ0n) is 16.8. The summed E-state index contributed by atoms with van der Waals surface area (Å²) in [4.78, 5) is 26.3. The molecule has 166 valence electrons. The number of aliphatic hydroxyl groups is 2. The second-order valence-corrected chi connectivity index (χ2v) is 7.40. The molecule has 10 nitrogen and oxygen atoms in total. The van der Waals surface area contributed by atoms with Crippen molar-refractivity contribution in [3.8, 4) is 0 Å². The summed E-state index contributed by atoms with van der Waals surface area (Å²) in [6, 6.07) is 8.48. The number of benzene rings is 1. The quantitative estimate of drug-likeness (QED) is 0.368. The van der Waals surface area contributed by atoms with E-state index in [0.717, 1.165) is 19.6 Å². The Morgan fingerprint density at radius 2 is 1.73 bits per heavy atom. The van der Waals surface area contributed by atoms with E-state index in [-0.39, 0.29) is 18.9 Å². The predicted octanol–water partition coefficient (Wildman–Crippen LogP) is -0.864. The molecule has 3 rings (SSSR count). The SMILES string of the molecule is O=C(C[C@@H]1O[C@@H](CNC(=O)Nc2ccccc2)[C@@H](O)[C@H]1O)NCCN1CCOCC1. The van der Waals surface area contributed by atoms with Crippen molar-refractivity contribution >= 4 is 17.6 Å². The van der Waals surface area contributed by atoms with Gasteiger partial charge in [0.1, 0.15) is 18.3 Å². The Morgan fingerprint density at radius 1 is 1.03 bits per heavy atom. The lowest BCUT2D eigenvalue weighted by Gasteiger charge is -2.26. The summed E-state index contributed by atoms with van der Waals surface area (Å²) >= 11 is 0. The highest BCUT2D eigenvalue weighted by atomic mass is 16.5. The van der Waals surface area contributed by atoms with Crippen LogP contribution in [-0.2, 0) is 14.3 Å². The van der Waals surface area contributed by atoms with Gasteiger partial charge >= 0.3 is 6.03 Å². The third-order valence-corrected chi connectivity index (χ3v) is 5.20. The van der Waals surface area contributed by atoms with E-state index in [0.29, 0.717) is 25.4 Å². The van der Waals surface area contributed by atoms with Gasteiger partial charge in [0.25, 0.3) is 0 Å². The number of anilines is 1. The number of rotatable bonds is 8. The van der Waals surface area contributed by atoms with E-state index in [2.05, 4.69) is 20.9 Å². The zero-order valence-corrected chi connectivity index (χ0v) is 16.8. The van der Waals surface area contributed by atoms with E-state index >= 15 is 0 Å². The number of hydrogen-bond acceptors (Lipinski definition) is 7. The number of urea groups is 1. The normalized spacial score (nSPS) is 26.9. The van der Waals surface area contributed by atoms with E-state index in [9.17, 15) is 19.8 Å². The van der Waals surface area contributed by atoms with E-state index in [1.807, 2.05) is 6.07 Å². The maximum absolute atomic E-state index is 12.2. The van der Waals surface area contributed by atoms with Crippen molar-refractivity contribution in [3.05, 3.63) is 30.3 Å². The van der Waals surface area contributed by atoms with Crippen LogP contribution in [0.4, 0.5) is 10.5 Å². The molecule has 2 fully saturated rings. The molecule has 2 saturated heterocycles. The number of carbonyl (C=O) groups is 2. The molecule has 0 bridgehead atoms. The number of carbonyl (C=O) groups excluding carboxylic acids is 2. The lowest BCUT2D eigenvalue weighted by molar-refractivity contribution is -0.125. The van der Waals surface area contributed by atoms with E-state index in [1.54, 1.807) is 24.3 Å². The van der Waals surface area contributed by atoms with Gasteiger partial charge in [-0.1, -0.05) is 18.2 Å². The number of morpholine rings is 1. The van der Waals surface area contributed by atoms with Crippen LogP contribution >= 0.6 is 0 Å². The van der Waals surface area contributed by atoms with Crippen molar-refractivity contribution in [1.82, 2.24) is 15.5 Å². The molecule has 2 aliphatic rings. The molecule has 2 aliphatic heterocycles. The van der Waals surface area contributed by atoms with Crippen molar-refractivity contribution in [2.45, 2.75) is 30.8 Å². The van der Waals surface area contributed by atoms with Crippen LogP contribution in [0.3, 0.4) is 0 Å².